The van der Waals surface area contributed by atoms with Gasteiger partial charge in [0.05, 0.1) is 0 Å². The number of benzene rings is 2. The number of hydrogen-bond donors (Lipinski definition) is 0. The van der Waals surface area contributed by atoms with Gasteiger partial charge in [-0.15, -0.1) is 0 Å². The molecule has 27 heavy (non-hydrogen) atoms. The molecule has 3 nitrogen and oxygen atoms in total. The molecule has 0 fully saturated rings. The van der Waals surface area contributed by atoms with Gasteiger partial charge >= 0.3 is 0 Å². The van der Waals surface area contributed by atoms with E-state index in [0.717, 1.165) is 23.1 Å². The molecule has 0 saturated carbocycles. The van der Waals surface area contributed by atoms with Crippen LogP contribution in [0.4, 0.5) is 0 Å². The Hall–Kier alpha value is -3.07. The second kappa shape index (κ2) is 8.54. The first kappa shape index (κ1) is 18.7. The Bertz CT molecular complexity index is 966. The molecule has 0 bridgehead atoms. The van der Waals surface area contributed by atoms with Crippen LogP contribution < -0.4 is 0 Å². The van der Waals surface area contributed by atoms with Crippen LogP contribution in [0.3, 0.4) is 0 Å². The van der Waals surface area contributed by atoms with Crippen molar-refractivity contribution in [2.24, 2.45) is 0 Å². The van der Waals surface area contributed by atoms with Crippen LogP contribution in [0.25, 0.3) is 28.3 Å². The van der Waals surface area contributed by atoms with Crippen molar-refractivity contribution < 1.29 is 0 Å². The smallest absolute Gasteiger partial charge is 0.164 e. The van der Waals surface area contributed by atoms with Gasteiger partial charge in [0, 0.05) is 16.7 Å². The highest BCUT2D eigenvalue weighted by Crippen LogP contribution is 2.25. The highest BCUT2D eigenvalue weighted by molar-refractivity contribution is 5.72. The first-order valence-corrected chi connectivity index (χ1v) is 9.34. The molecule has 2 aromatic carbocycles. The van der Waals surface area contributed by atoms with Gasteiger partial charge in [0.15, 0.2) is 17.5 Å². The van der Waals surface area contributed by atoms with E-state index >= 15 is 0 Å². The van der Waals surface area contributed by atoms with Crippen molar-refractivity contribution in [3.63, 3.8) is 0 Å². The lowest BCUT2D eigenvalue weighted by molar-refractivity contribution is 1.03. The van der Waals surface area contributed by atoms with Crippen LogP contribution in [0.15, 0.2) is 66.8 Å². The van der Waals surface area contributed by atoms with Gasteiger partial charge in [-0.3, -0.25) is 0 Å². The minimum Gasteiger partial charge on any atom is -0.208 e. The zero-order valence-electron chi connectivity index (χ0n) is 16.4. The molecule has 0 unspecified atom stereocenters. The zero-order valence-corrected chi connectivity index (χ0v) is 16.4. The van der Waals surface area contributed by atoms with Crippen LogP contribution in [0.2, 0.25) is 0 Å². The summed E-state index contributed by atoms with van der Waals surface area (Å²) in [6.45, 7) is 8.32. The molecule has 0 saturated heterocycles. The topological polar surface area (TPSA) is 38.7 Å². The number of hydrogen-bond acceptors (Lipinski definition) is 3. The largest absolute Gasteiger partial charge is 0.208 e. The fourth-order valence-corrected chi connectivity index (χ4v) is 3.09. The molecule has 3 heteroatoms. The maximum Gasteiger partial charge on any atom is 0.164 e. The summed E-state index contributed by atoms with van der Waals surface area (Å²) in [5, 5.41) is 0. The number of allylic oxidation sites excluding steroid dienone is 4. The van der Waals surface area contributed by atoms with Crippen LogP contribution in [0.5, 0.6) is 0 Å². The van der Waals surface area contributed by atoms with E-state index in [1.807, 2.05) is 43.3 Å². The summed E-state index contributed by atoms with van der Waals surface area (Å²) < 4.78 is 0. The van der Waals surface area contributed by atoms with Gasteiger partial charge in [-0.25, -0.2) is 15.0 Å². The van der Waals surface area contributed by atoms with E-state index in [0.29, 0.717) is 17.5 Å². The molecule has 0 amide bonds. The summed E-state index contributed by atoms with van der Waals surface area (Å²) in [7, 11) is 0. The van der Waals surface area contributed by atoms with Crippen LogP contribution >= 0.6 is 0 Å². The quantitative estimate of drug-likeness (QED) is 0.512. The maximum absolute atomic E-state index is 4.81. The Morgan fingerprint density at radius 3 is 2.07 bits per heavy atom. The average Bonchev–Trinajstić information content (AvgIpc) is 2.67. The summed E-state index contributed by atoms with van der Waals surface area (Å²) in [6.07, 6.45) is 7.14. The van der Waals surface area contributed by atoms with Crippen LogP contribution in [-0.4, -0.2) is 15.0 Å². The van der Waals surface area contributed by atoms with E-state index in [2.05, 4.69) is 51.1 Å². The van der Waals surface area contributed by atoms with Gasteiger partial charge in [0.25, 0.3) is 0 Å². The second-order valence-electron chi connectivity index (χ2n) is 6.62. The SMILES string of the molecule is C/C=C\C(=C/CC)c1nc(-c2ccccc2)nc(-c2cc(C)cc(C)c2)n1. The van der Waals surface area contributed by atoms with Crippen molar-refractivity contribution in [3.8, 4) is 22.8 Å². The highest BCUT2D eigenvalue weighted by Gasteiger charge is 2.12. The molecule has 0 aliphatic heterocycles. The monoisotopic (exact) mass is 355 g/mol. The predicted octanol–water partition coefficient (Wildman–Crippen LogP) is 6.19. The molecule has 136 valence electrons. The third-order valence-electron chi connectivity index (χ3n) is 4.18. The molecule has 0 spiro atoms. The first-order chi connectivity index (χ1) is 13.1. The Morgan fingerprint density at radius 2 is 1.48 bits per heavy atom. The van der Waals surface area contributed by atoms with E-state index in [1.54, 1.807) is 0 Å². The maximum atomic E-state index is 4.81. The van der Waals surface area contributed by atoms with E-state index < -0.39 is 0 Å². The van der Waals surface area contributed by atoms with Crippen molar-refractivity contribution >= 4 is 5.57 Å². The van der Waals surface area contributed by atoms with E-state index in [4.69, 9.17) is 15.0 Å². The highest BCUT2D eigenvalue weighted by atomic mass is 15.0. The molecule has 3 rings (SSSR count). The first-order valence-electron chi connectivity index (χ1n) is 9.34. The summed E-state index contributed by atoms with van der Waals surface area (Å²) in [5.41, 5.74) is 5.43. The molecule has 0 radical (unpaired) electrons. The number of aromatic nitrogens is 3. The van der Waals surface area contributed by atoms with Crippen molar-refractivity contribution in [1.82, 2.24) is 15.0 Å². The van der Waals surface area contributed by atoms with Gasteiger partial charge < -0.3 is 0 Å². The lowest BCUT2D eigenvalue weighted by Gasteiger charge is -2.10. The minimum absolute atomic E-state index is 0.696. The molecule has 0 atom stereocenters. The molecule has 0 aliphatic carbocycles. The molecular weight excluding hydrogens is 330 g/mol. The molecule has 0 N–H and O–H groups in total. The molecule has 3 aromatic rings. The van der Waals surface area contributed by atoms with Crippen LogP contribution in [-0.2, 0) is 0 Å². The fourth-order valence-electron chi connectivity index (χ4n) is 3.09. The standard InChI is InChI=1S/C24H25N3/c1-5-10-19(11-6-2)22-25-23(20-12-8-7-9-13-20)27-24(26-22)21-15-17(3)14-18(4)16-21/h5,7-16H,6H2,1-4H3/b10-5-,19-11+. The van der Waals surface area contributed by atoms with Crippen molar-refractivity contribution in [2.75, 3.05) is 0 Å². The van der Waals surface area contributed by atoms with E-state index in [1.165, 1.54) is 11.1 Å². The minimum atomic E-state index is 0.696. The number of nitrogens with zero attached hydrogens (tertiary/aromatic N) is 3. The van der Waals surface area contributed by atoms with Crippen molar-refractivity contribution in [1.29, 1.82) is 0 Å². The Kier molecular flexibility index (Phi) is 5.92. The Labute approximate surface area is 161 Å². The Balaban J connectivity index is 2.24. The van der Waals surface area contributed by atoms with Gasteiger partial charge in [0.1, 0.15) is 0 Å². The number of rotatable bonds is 5. The average molecular weight is 355 g/mol. The van der Waals surface area contributed by atoms with E-state index in [-0.39, 0.29) is 0 Å². The summed E-state index contributed by atoms with van der Waals surface area (Å²) >= 11 is 0. The van der Waals surface area contributed by atoms with E-state index in [9.17, 15) is 0 Å². The molecular formula is C24H25N3. The van der Waals surface area contributed by atoms with Crippen LogP contribution in [0.1, 0.15) is 37.2 Å². The summed E-state index contributed by atoms with van der Waals surface area (Å²) in [5.74, 6) is 2.11. The van der Waals surface area contributed by atoms with Gasteiger partial charge in [-0.2, -0.15) is 0 Å². The van der Waals surface area contributed by atoms with Crippen molar-refractivity contribution in [3.05, 3.63) is 83.7 Å². The summed E-state index contributed by atoms with van der Waals surface area (Å²) in [4.78, 5) is 14.4. The van der Waals surface area contributed by atoms with Gasteiger partial charge in [0.2, 0.25) is 0 Å². The van der Waals surface area contributed by atoms with Gasteiger partial charge in [-0.1, -0.05) is 72.7 Å². The number of aryl methyl sites for hydroxylation is 2. The normalized spacial score (nSPS) is 11.9. The molecule has 1 heterocycles. The molecule has 0 aliphatic rings. The van der Waals surface area contributed by atoms with Crippen LogP contribution in [0, 0.1) is 13.8 Å². The van der Waals surface area contributed by atoms with Gasteiger partial charge in [-0.05, 0) is 39.3 Å². The molecule has 1 aromatic heterocycles. The van der Waals surface area contributed by atoms with Crippen molar-refractivity contribution in [2.45, 2.75) is 34.1 Å². The fraction of sp³-hybridized carbons (Fsp3) is 0.208. The lowest BCUT2D eigenvalue weighted by Crippen LogP contribution is -2.02. The predicted molar refractivity (Wildman–Crippen MR) is 113 cm³/mol. The third kappa shape index (κ3) is 4.56. The lowest BCUT2D eigenvalue weighted by atomic mass is 10.1. The summed E-state index contributed by atoms with van der Waals surface area (Å²) in [6, 6.07) is 16.5. The third-order valence-corrected chi connectivity index (χ3v) is 4.18. The zero-order chi connectivity index (χ0) is 19.2. The second-order valence-corrected chi connectivity index (χ2v) is 6.62. The Morgan fingerprint density at radius 1 is 0.852 bits per heavy atom.